The van der Waals surface area contributed by atoms with E-state index in [2.05, 4.69) is 60.9 Å². The first-order valence-corrected chi connectivity index (χ1v) is 8.86. The molecule has 1 aromatic heterocycles. The minimum atomic E-state index is 0.523. The third kappa shape index (κ3) is 4.20. The lowest BCUT2D eigenvalue weighted by atomic mass is 10.2. The fraction of sp³-hybridized carbons (Fsp3) is 0.286. The minimum absolute atomic E-state index is 0.523. The molecule has 3 nitrogen and oxygen atoms in total. The van der Waals surface area contributed by atoms with Crippen molar-refractivity contribution in [3.63, 3.8) is 0 Å². The highest BCUT2D eigenvalue weighted by Gasteiger charge is 2.09. The maximum Gasteiger partial charge on any atom is 0.141 e. The SMILES string of the molecule is CCCc1nc(CSc2ccc(Br)cc2)nc(N)c1Br. The van der Waals surface area contributed by atoms with Crippen molar-refractivity contribution >= 4 is 49.4 Å². The molecule has 2 aromatic rings. The van der Waals surface area contributed by atoms with Gasteiger partial charge in [-0.3, -0.25) is 0 Å². The number of anilines is 1. The number of aryl methyl sites for hydroxylation is 1. The van der Waals surface area contributed by atoms with E-state index in [1.54, 1.807) is 11.8 Å². The number of nitrogen functional groups attached to an aromatic ring is 1. The summed E-state index contributed by atoms with van der Waals surface area (Å²) in [5, 5.41) is 0. The predicted octanol–water partition coefficient (Wildman–Crippen LogP) is 4.83. The third-order valence-electron chi connectivity index (χ3n) is 2.66. The fourth-order valence-electron chi connectivity index (χ4n) is 1.71. The Morgan fingerprint density at radius 1 is 1.15 bits per heavy atom. The molecule has 0 atom stereocenters. The Bertz CT molecular complexity index is 588. The van der Waals surface area contributed by atoms with Gasteiger partial charge in [0.2, 0.25) is 0 Å². The minimum Gasteiger partial charge on any atom is -0.383 e. The van der Waals surface area contributed by atoms with Crippen molar-refractivity contribution < 1.29 is 0 Å². The van der Waals surface area contributed by atoms with Crippen molar-refractivity contribution in [3.05, 3.63) is 44.7 Å². The van der Waals surface area contributed by atoms with Crippen LogP contribution in [-0.2, 0) is 12.2 Å². The van der Waals surface area contributed by atoms with Crippen molar-refractivity contribution in [3.8, 4) is 0 Å². The van der Waals surface area contributed by atoms with E-state index in [0.29, 0.717) is 5.82 Å². The van der Waals surface area contributed by atoms with E-state index < -0.39 is 0 Å². The van der Waals surface area contributed by atoms with Crippen LogP contribution in [0.25, 0.3) is 0 Å². The number of nitrogens with two attached hydrogens (primary N) is 1. The lowest BCUT2D eigenvalue weighted by Crippen LogP contribution is -2.04. The molecule has 0 spiro atoms. The van der Waals surface area contributed by atoms with E-state index >= 15 is 0 Å². The first-order valence-electron chi connectivity index (χ1n) is 6.29. The molecule has 1 heterocycles. The second kappa shape index (κ2) is 7.43. The molecule has 6 heteroatoms. The molecule has 0 saturated heterocycles. The van der Waals surface area contributed by atoms with Gasteiger partial charge >= 0.3 is 0 Å². The highest BCUT2D eigenvalue weighted by atomic mass is 79.9. The molecule has 20 heavy (non-hydrogen) atoms. The number of benzene rings is 1. The highest BCUT2D eigenvalue weighted by Crippen LogP contribution is 2.26. The number of aromatic nitrogens is 2. The average molecular weight is 417 g/mol. The molecule has 1 aromatic carbocycles. The standard InChI is InChI=1S/C14H15Br2N3S/c1-2-3-11-13(16)14(17)19-12(18-11)8-20-10-6-4-9(15)5-7-10/h4-7H,2-3,8H2,1H3,(H2,17,18,19). The topological polar surface area (TPSA) is 51.8 Å². The number of halogens is 2. The van der Waals surface area contributed by atoms with Crippen LogP contribution in [0.5, 0.6) is 0 Å². The van der Waals surface area contributed by atoms with Crippen LogP contribution < -0.4 is 5.73 Å². The van der Waals surface area contributed by atoms with Crippen LogP contribution in [0.2, 0.25) is 0 Å². The van der Waals surface area contributed by atoms with Crippen LogP contribution in [0, 0.1) is 0 Å². The average Bonchev–Trinajstić information content (AvgIpc) is 2.44. The quantitative estimate of drug-likeness (QED) is 0.709. The maximum atomic E-state index is 5.93. The molecule has 0 aliphatic rings. The number of nitrogens with zero attached hydrogens (tertiary/aromatic N) is 2. The fourth-order valence-corrected chi connectivity index (χ4v) is 3.10. The second-order valence-electron chi connectivity index (χ2n) is 4.28. The molecular formula is C14H15Br2N3S. The van der Waals surface area contributed by atoms with Gasteiger partial charge in [-0.25, -0.2) is 9.97 Å². The van der Waals surface area contributed by atoms with Crippen molar-refractivity contribution in [2.75, 3.05) is 5.73 Å². The van der Waals surface area contributed by atoms with Crippen LogP contribution in [0.1, 0.15) is 24.9 Å². The Kier molecular flexibility index (Phi) is 5.86. The lowest BCUT2D eigenvalue weighted by Gasteiger charge is -2.08. The molecule has 0 aliphatic carbocycles. The van der Waals surface area contributed by atoms with E-state index in [-0.39, 0.29) is 0 Å². The number of rotatable bonds is 5. The summed E-state index contributed by atoms with van der Waals surface area (Å²) in [6.45, 7) is 2.13. The third-order valence-corrected chi connectivity index (χ3v) is 5.06. The van der Waals surface area contributed by atoms with Gasteiger partial charge in [-0.15, -0.1) is 11.8 Å². The molecule has 2 N–H and O–H groups in total. The largest absolute Gasteiger partial charge is 0.383 e. The summed E-state index contributed by atoms with van der Waals surface area (Å²) in [6.07, 6.45) is 1.94. The van der Waals surface area contributed by atoms with E-state index in [1.807, 2.05) is 12.1 Å². The van der Waals surface area contributed by atoms with E-state index in [4.69, 9.17) is 5.73 Å². The maximum absolute atomic E-state index is 5.93. The van der Waals surface area contributed by atoms with Gasteiger partial charge in [-0.05, 0) is 46.6 Å². The predicted molar refractivity (Wildman–Crippen MR) is 91.8 cm³/mol. The van der Waals surface area contributed by atoms with Crippen LogP contribution in [0.4, 0.5) is 5.82 Å². The number of hydrogen-bond donors (Lipinski definition) is 1. The molecule has 2 rings (SSSR count). The first-order chi connectivity index (χ1) is 9.60. The lowest BCUT2D eigenvalue weighted by molar-refractivity contribution is 0.848. The summed E-state index contributed by atoms with van der Waals surface area (Å²) in [5.74, 6) is 2.02. The summed E-state index contributed by atoms with van der Waals surface area (Å²) in [6, 6.07) is 8.21. The van der Waals surface area contributed by atoms with E-state index in [0.717, 1.165) is 39.1 Å². The zero-order valence-corrected chi connectivity index (χ0v) is 15.1. The Hall–Kier alpha value is -0.590. The zero-order valence-electron chi connectivity index (χ0n) is 11.1. The van der Waals surface area contributed by atoms with Gasteiger partial charge in [0.05, 0.1) is 15.9 Å². The van der Waals surface area contributed by atoms with Crippen LogP contribution in [0.3, 0.4) is 0 Å². The molecule has 0 fully saturated rings. The van der Waals surface area contributed by atoms with Crippen LogP contribution in [0.15, 0.2) is 38.1 Å². The highest BCUT2D eigenvalue weighted by molar-refractivity contribution is 9.10. The molecule has 0 bridgehead atoms. The molecular weight excluding hydrogens is 402 g/mol. The van der Waals surface area contributed by atoms with Gasteiger partial charge in [-0.1, -0.05) is 29.3 Å². The Balaban J connectivity index is 2.11. The summed E-state index contributed by atoms with van der Waals surface area (Å²) >= 11 is 8.59. The van der Waals surface area contributed by atoms with Gasteiger partial charge < -0.3 is 5.73 Å². The summed E-state index contributed by atoms with van der Waals surface area (Å²) in [7, 11) is 0. The molecule has 0 unspecified atom stereocenters. The normalized spacial score (nSPS) is 10.8. The van der Waals surface area contributed by atoms with Crippen molar-refractivity contribution in [1.82, 2.24) is 9.97 Å². The summed E-state index contributed by atoms with van der Waals surface area (Å²) in [5.41, 5.74) is 6.92. The Morgan fingerprint density at radius 3 is 2.50 bits per heavy atom. The monoisotopic (exact) mass is 415 g/mol. The molecule has 0 amide bonds. The number of thioether (sulfide) groups is 1. The first kappa shape index (κ1) is 15.8. The summed E-state index contributed by atoms with van der Waals surface area (Å²) < 4.78 is 1.91. The molecule has 0 saturated carbocycles. The van der Waals surface area contributed by atoms with E-state index in [1.165, 1.54) is 4.90 Å². The molecule has 0 radical (unpaired) electrons. The molecule has 106 valence electrons. The van der Waals surface area contributed by atoms with Crippen molar-refractivity contribution in [1.29, 1.82) is 0 Å². The van der Waals surface area contributed by atoms with Crippen molar-refractivity contribution in [2.24, 2.45) is 0 Å². The molecule has 0 aliphatic heterocycles. The van der Waals surface area contributed by atoms with Gasteiger partial charge in [0.15, 0.2) is 0 Å². The van der Waals surface area contributed by atoms with Gasteiger partial charge in [0.1, 0.15) is 11.6 Å². The van der Waals surface area contributed by atoms with Crippen molar-refractivity contribution in [2.45, 2.75) is 30.4 Å². The Labute approximate surface area is 140 Å². The number of hydrogen-bond acceptors (Lipinski definition) is 4. The van der Waals surface area contributed by atoms with Crippen LogP contribution >= 0.6 is 43.6 Å². The van der Waals surface area contributed by atoms with Gasteiger partial charge in [-0.2, -0.15) is 0 Å². The van der Waals surface area contributed by atoms with Crippen LogP contribution in [-0.4, -0.2) is 9.97 Å². The zero-order chi connectivity index (χ0) is 14.5. The van der Waals surface area contributed by atoms with E-state index in [9.17, 15) is 0 Å². The van der Waals surface area contributed by atoms with Gasteiger partial charge in [0.25, 0.3) is 0 Å². The smallest absolute Gasteiger partial charge is 0.141 e. The summed E-state index contributed by atoms with van der Waals surface area (Å²) in [4.78, 5) is 10.1. The second-order valence-corrected chi connectivity index (χ2v) is 7.04. The van der Waals surface area contributed by atoms with Gasteiger partial charge in [0, 0.05) is 9.37 Å². The Morgan fingerprint density at radius 2 is 1.85 bits per heavy atom.